The number of nitrogens with zero attached hydrogens (tertiary/aromatic N) is 1. The summed E-state index contributed by atoms with van der Waals surface area (Å²) in [6.07, 6.45) is -0.885. The van der Waals surface area contributed by atoms with Gasteiger partial charge in [-0.3, -0.25) is 19.7 Å². The van der Waals surface area contributed by atoms with E-state index >= 15 is 0 Å². The Bertz CT molecular complexity index is 983. The van der Waals surface area contributed by atoms with Gasteiger partial charge in [-0.05, 0) is 33.3 Å². The number of ketones is 1. The highest BCUT2D eigenvalue weighted by Crippen LogP contribution is 2.30. The molecular weight excluding hydrogens is 416 g/mol. The number of nitro groups is 1. The predicted octanol–water partition coefficient (Wildman–Crippen LogP) is 4.22. The zero-order valence-corrected chi connectivity index (χ0v) is 18.4. The van der Waals surface area contributed by atoms with Crippen molar-refractivity contribution in [2.75, 3.05) is 6.61 Å². The topological polar surface area (TPSA) is 125 Å². The van der Waals surface area contributed by atoms with Crippen molar-refractivity contribution in [3.63, 3.8) is 0 Å². The first kappa shape index (κ1) is 24.5. The van der Waals surface area contributed by atoms with E-state index in [4.69, 9.17) is 9.47 Å². The molecule has 2 aromatic rings. The molecule has 1 N–H and O–H groups in total. The fourth-order valence-corrected chi connectivity index (χ4v) is 3.03. The van der Waals surface area contributed by atoms with Crippen LogP contribution in [0.15, 0.2) is 54.6 Å². The first-order valence-corrected chi connectivity index (χ1v) is 10.0. The van der Waals surface area contributed by atoms with Crippen LogP contribution in [-0.2, 0) is 14.3 Å². The Hall–Kier alpha value is -3.75. The number of benzene rings is 2. The molecule has 32 heavy (non-hydrogen) atoms. The van der Waals surface area contributed by atoms with Crippen molar-refractivity contribution >= 4 is 23.5 Å². The fraction of sp³-hybridized carbons (Fsp3) is 0.348. The molecule has 0 aliphatic heterocycles. The maximum atomic E-state index is 13.3. The summed E-state index contributed by atoms with van der Waals surface area (Å²) in [5, 5.41) is 13.8. The van der Waals surface area contributed by atoms with E-state index < -0.39 is 40.3 Å². The van der Waals surface area contributed by atoms with E-state index in [9.17, 15) is 24.5 Å². The molecule has 2 rings (SSSR count). The van der Waals surface area contributed by atoms with E-state index in [0.717, 1.165) is 0 Å². The molecule has 0 aromatic heterocycles. The summed E-state index contributed by atoms with van der Waals surface area (Å²) in [7, 11) is 0. The maximum Gasteiger partial charge on any atom is 0.408 e. The Labute approximate surface area is 185 Å². The van der Waals surface area contributed by atoms with Crippen molar-refractivity contribution in [3.05, 3.63) is 75.8 Å². The SMILES string of the molecule is CCOC(=O)[C@H](C(=O)c1ccccc1)[C@@H](NC(=O)OC(C)(C)C)c1cccc([N+](=O)[O-])c1. The van der Waals surface area contributed by atoms with E-state index in [2.05, 4.69) is 5.32 Å². The van der Waals surface area contributed by atoms with E-state index in [1.165, 1.54) is 36.4 Å². The van der Waals surface area contributed by atoms with Crippen LogP contribution >= 0.6 is 0 Å². The van der Waals surface area contributed by atoms with Gasteiger partial charge in [0, 0.05) is 17.7 Å². The number of rotatable bonds is 8. The van der Waals surface area contributed by atoms with E-state index in [-0.39, 0.29) is 23.4 Å². The Kier molecular flexibility index (Phi) is 8.06. The number of esters is 1. The Balaban J connectivity index is 2.58. The van der Waals surface area contributed by atoms with Crippen LogP contribution in [0.2, 0.25) is 0 Å². The molecule has 0 unspecified atom stereocenters. The average Bonchev–Trinajstić information content (AvgIpc) is 2.72. The van der Waals surface area contributed by atoms with Crippen molar-refractivity contribution in [3.8, 4) is 0 Å². The van der Waals surface area contributed by atoms with Gasteiger partial charge >= 0.3 is 12.1 Å². The Morgan fingerprint density at radius 3 is 2.28 bits per heavy atom. The predicted molar refractivity (Wildman–Crippen MR) is 116 cm³/mol. The van der Waals surface area contributed by atoms with Crippen molar-refractivity contribution in [1.82, 2.24) is 5.32 Å². The van der Waals surface area contributed by atoms with Gasteiger partial charge in [0.2, 0.25) is 0 Å². The summed E-state index contributed by atoms with van der Waals surface area (Å²) < 4.78 is 10.4. The maximum absolute atomic E-state index is 13.3. The molecule has 0 fully saturated rings. The van der Waals surface area contributed by atoms with Gasteiger partial charge in [-0.25, -0.2) is 4.79 Å². The molecule has 0 saturated heterocycles. The third-order valence-electron chi connectivity index (χ3n) is 4.33. The van der Waals surface area contributed by atoms with Gasteiger partial charge in [0.25, 0.3) is 5.69 Å². The smallest absolute Gasteiger partial charge is 0.408 e. The molecule has 0 aliphatic carbocycles. The zero-order chi connectivity index (χ0) is 23.9. The molecule has 0 bridgehead atoms. The molecule has 2 atom stereocenters. The molecule has 0 radical (unpaired) electrons. The first-order valence-electron chi connectivity index (χ1n) is 10.0. The lowest BCUT2D eigenvalue weighted by Gasteiger charge is -2.28. The molecule has 0 spiro atoms. The summed E-state index contributed by atoms with van der Waals surface area (Å²) in [6, 6.07) is 12.2. The second kappa shape index (κ2) is 10.5. The van der Waals surface area contributed by atoms with Crippen molar-refractivity contribution in [2.45, 2.75) is 39.3 Å². The number of carbonyl (C=O) groups is 3. The molecule has 1 amide bonds. The average molecular weight is 442 g/mol. The number of Topliss-reactive ketones (excluding diaryl/α,β-unsaturated/α-hetero) is 1. The minimum absolute atomic E-state index is 0.00545. The summed E-state index contributed by atoms with van der Waals surface area (Å²) in [6.45, 7) is 6.57. The van der Waals surface area contributed by atoms with Gasteiger partial charge in [-0.2, -0.15) is 0 Å². The monoisotopic (exact) mass is 442 g/mol. The van der Waals surface area contributed by atoms with Crippen LogP contribution in [-0.4, -0.2) is 35.0 Å². The van der Waals surface area contributed by atoms with Crippen LogP contribution in [0.25, 0.3) is 0 Å². The second-order valence-corrected chi connectivity index (χ2v) is 7.94. The summed E-state index contributed by atoms with van der Waals surface area (Å²) in [4.78, 5) is 49.5. The standard InChI is InChI=1S/C23H26N2O7/c1-5-31-21(27)18(20(26)15-10-7-6-8-11-15)19(24-22(28)32-23(2,3)4)16-12-9-13-17(14-16)25(29)30/h6-14,18-19H,5H2,1-4H3,(H,24,28)/t18-,19-/m0/s1. The van der Waals surface area contributed by atoms with E-state index in [0.29, 0.717) is 0 Å². The minimum atomic E-state index is -1.49. The number of non-ortho nitro benzene ring substituents is 1. The highest BCUT2D eigenvalue weighted by Gasteiger charge is 2.39. The van der Waals surface area contributed by atoms with Crippen molar-refractivity contribution in [2.24, 2.45) is 5.92 Å². The number of hydrogen-bond donors (Lipinski definition) is 1. The Morgan fingerprint density at radius 2 is 1.72 bits per heavy atom. The third-order valence-corrected chi connectivity index (χ3v) is 4.33. The van der Waals surface area contributed by atoms with Gasteiger partial charge in [0.15, 0.2) is 5.78 Å². The van der Waals surface area contributed by atoms with Crippen LogP contribution in [0.3, 0.4) is 0 Å². The second-order valence-electron chi connectivity index (χ2n) is 7.94. The van der Waals surface area contributed by atoms with Gasteiger partial charge < -0.3 is 14.8 Å². The fourth-order valence-electron chi connectivity index (χ4n) is 3.03. The van der Waals surface area contributed by atoms with Crippen molar-refractivity contribution in [1.29, 1.82) is 0 Å². The molecule has 2 aromatic carbocycles. The lowest BCUT2D eigenvalue weighted by atomic mass is 9.86. The first-order chi connectivity index (χ1) is 15.0. The van der Waals surface area contributed by atoms with E-state index in [1.54, 1.807) is 45.9 Å². The highest BCUT2D eigenvalue weighted by molar-refractivity contribution is 6.09. The molecule has 9 heteroatoms. The summed E-state index contributed by atoms with van der Waals surface area (Å²) in [5.74, 6) is -2.96. The van der Waals surface area contributed by atoms with Crippen molar-refractivity contribution < 1.29 is 28.8 Å². The number of amides is 1. The molecule has 9 nitrogen and oxygen atoms in total. The van der Waals surface area contributed by atoms with Crippen LogP contribution < -0.4 is 5.32 Å². The Morgan fingerprint density at radius 1 is 1.06 bits per heavy atom. The lowest BCUT2D eigenvalue weighted by molar-refractivity contribution is -0.384. The number of ether oxygens (including phenoxy) is 2. The quantitative estimate of drug-likeness (QED) is 0.213. The van der Waals surface area contributed by atoms with Gasteiger partial charge in [-0.15, -0.1) is 0 Å². The van der Waals surface area contributed by atoms with Gasteiger partial charge in [0.05, 0.1) is 17.6 Å². The molecular formula is C23H26N2O7. The largest absolute Gasteiger partial charge is 0.465 e. The van der Waals surface area contributed by atoms with Gasteiger partial charge in [-0.1, -0.05) is 42.5 Å². The normalized spacial score (nSPS) is 12.9. The number of alkyl carbamates (subject to hydrolysis) is 1. The lowest BCUT2D eigenvalue weighted by Crippen LogP contribution is -2.43. The third kappa shape index (κ3) is 6.63. The highest BCUT2D eigenvalue weighted by atomic mass is 16.6. The van der Waals surface area contributed by atoms with Gasteiger partial charge in [0.1, 0.15) is 11.5 Å². The van der Waals surface area contributed by atoms with Crippen LogP contribution in [0, 0.1) is 16.0 Å². The van der Waals surface area contributed by atoms with Crippen LogP contribution in [0.5, 0.6) is 0 Å². The zero-order valence-electron chi connectivity index (χ0n) is 18.4. The minimum Gasteiger partial charge on any atom is -0.465 e. The van der Waals surface area contributed by atoms with E-state index in [1.807, 2.05) is 0 Å². The molecule has 0 saturated carbocycles. The number of nitrogens with one attached hydrogen (secondary N) is 1. The number of carbonyl (C=O) groups excluding carboxylic acids is 3. The molecule has 0 aliphatic rings. The summed E-state index contributed by atoms with van der Waals surface area (Å²) in [5.41, 5.74) is -0.687. The van der Waals surface area contributed by atoms with Crippen LogP contribution in [0.4, 0.5) is 10.5 Å². The summed E-state index contributed by atoms with van der Waals surface area (Å²) >= 11 is 0. The molecule has 170 valence electrons. The van der Waals surface area contributed by atoms with Crippen LogP contribution in [0.1, 0.15) is 49.7 Å². The molecule has 0 heterocycles. The number of hydrogen-bond acceptors (Lipinski definition) is 7. The number of nitro benzene ring substituents is 1.